The Hall–Kier alpha value is -4.25. The Morgan fingerprint density at radius 2 is 1.93 bits per heavy atom. The molecule has 0 unspecified atom stereocenters. The standard InChI is InChI=1S/C34H36N4O7/c1-19(39)42-24-12-11-22-17-25-34(44-31(41)36-32(2,3)30-35-29(37-45-30)21-7-5-4-6-8-21)14-13-23(40)28-33(34,26(22)27(24)43-28)15-16-38(25)18-20-9-10-20/h4-8,11-12,20,25,28H,9-10,13-18H2,1-3H3,(H,36,41)/t25-,28+,33+,34-/m1/s1. The van der Waals surface area contributed by atoms with E-state index in [2.05, 4.69) is 20.4 Å². The molecule has 3 fully saturated rings. The number of hydrogen-bond acceptors (Lipinski definition) is 10. The van der Waals surface area contributed by atoms with Crippen molar-refractivity contribution in [1.29, 1.82) is 0 Å². The molecule has 4 atom stereocenters. The third-order valence-electron chi connectivity index (χ3n) is 10.4. The quantitative estimate of drug-likeness (QED) is 0.301. The van der Waals surface area contributed by atoms with E-state index in [1.807, 2.05) is 36.4 Å². The molecule has 2 aromatic carbocycles. The zero-order valence-electron chi connectivity index (χ0n) is 25.6. The van der Waals surface area contributed by atoms with Gasteiger partial charge in [-0.3, -0.25) is 14.5 Å². The van der Waals surface area contributed by atoms with Gasteiger partial charge in [0.1, 0.15) is 11.1 Å². The molecule has 1 N–H and O–H groups in total. The molecule has 45 heavy (non-hydrogen) atoms. The number of esters is 1. The highest BCUT2D eigenvalue weighted by Gasteiger charge is 2.75. The van der Waals surface area contributed by atoms with Gasteiger partial charge in [-0.1, -0.05) is 41.6 Å². The SMILES string of the molecule is CC(=O)Oc1ccc2c3c1O[C@H]1C(=O)CC[C@@]4(OC(=O)NC(C)(C)c5nc(-c6ccccc6)no5)[C@@H](C2)N(CC2CC2)CC[C@]314. The first-order valence-corrected chi connectivity index (χ1v) is 15.8. The number of ether oxygens (including phenoxy) is 3. The number of carbonyl (C=O) groups excluding carboxylic acids is 3. The summed E-state index contributed by atoms with van der Waals surface area (Å²) in [6.45, 7) is 6.61. The van der Waals surface area contributed by atoms with Crippen LogP contribution in [0.15, 0.2) is 47.0 Å². The first kappa shape index (κ1) is 28.2. The molecule has 5 aliphatic rings. The van der Waals surface area contributed by atoms with Gasteiger partial charge in [0.05, 0.1) is 11.5 Å². The van der Waals surface area contributed by atoms with Gasteiger partial charge >= 0.3 is 12.1 Å². The molecule has 2 saturated carbocycles. The highest BCUT2D eigenvalue weighted by atomic mass is 16.6. The van der Waals surface area contributed by atoms with Crippen LogP contribution >= 0.6 is 0 Å². The second-order valence-electron chi connectivity index (χ2n) is 13.7. The Morgan fingerprint density at radius 3 is 2.69 bits per heavy atom. The van der Waals surface area contributed by atoms with Crippen molar-refractivity contribution in [2.45, 2.75) is 88.0 Å². The number of hydrogen-bond donors (Lipinski definition) is 1. The molecule has 1 spiro atoms. The van der Waals surface area contributed by atoms with Crippen molar-refractivity contribution in [3.8, 4) is 22.9 Å². The van der Waals surface area contributed by atoms with Gasteiger partial charge in [0.2, 0.25) is 5.82 Å². The molecule has 0 radical (unpaired) electrons. The summed E-state index contributed by atoms with van der Waals surface area (Å²) >= 11 is 0. The van der Waals surface area contributed by atoms with Crippen LogP contribution in [-0.2, 0) is 31.7 Å². The van der Waals surface area contributed by atoms with Crippen LogP contribution in [0, 0.1) is 5.92 Å². The molecule has 1 saturated heterocycles. The Kier molecular flexibility index (Phi) is 6.20. The number of piperidine rings is 1. The Bertz CT molecular complexity index is 1720. The number of aromatic nitrogens is 2. The predicted molar refractivity (Wildman–Crippen MR) is 160 cm³/mol. The normalized spacial score (nSPS) is 28.2. The number of carbonyl (C=O) groups is 3. The summed E-state index contributed by atoms with van der Waals surface area (Å²) in [5.41, 5.74) is -0.309. The zero-order chi connectivity index (χ0) is 31.1. The number of benzene rings is 2. The lowest BCUT2D eigenvalue weighted by Gasteiger charge is -2.63. The summed E-state index contributed by atoms with van der Waals surface area (Å²) < 4.78 is 24.4. The molecule has 1 aromatic heterocycles. The van der Waals surface area contributed by atoms with Gasteiger partial charge in [-0.25, -0.2) is 4.79 Å². The topological polar surface area (TPSA) is 133 Å². The minimum absolute atomic E-state index is 0.0264. The summed E-state index contributed by atoms with van der Waals surface area (Å²) in [7, 11) is 0. The highest BCUT2D eigenvalue weighted by Crippen LogP contribution is 2.66. The number of alkyl carbamates (subject to hydrolysis) is 1. The average molecular weight is 613 g/mol. The van der Waals surface area contributed by atoms with Crippen LogP contribution in [0.4, 0.5) is 4.79 Å². The Labute approximate surface area is 260 Å². The van der Waals surface area contributed by atoms with E-state index in [0.29, 0.717) is 42.5 Å². The van der Waals surface area contributed by atoms with E-state index < -0.39 is 34.7 Å². The minimum Gasteiger partial charge on any atom is -0.477 e. The number of nitrogens with one attached hydrogen (secondary N) is 1. The summed E-state index contributed by atoms with van der Waals surface area (Å²) in [6.07, 6.45) is 2.73. The fourth-order valence-corrected chi connectivity index (χ4v) is 8.35. The van der Waals surface area contributed by atoms with Gasteiger partial charge in [-0.05, 0) is 70.0 Å². The largest absolute Gasteiger partial charge is 0.477 e. The fraction of sp³-hybridized carbons (Fsp3) is 0.500. The first-order valence-electron chi connectivity index (χ1n) is 15.8. The molecule has 2 aliphatic heterocycles. The second kappa shape index (κ2) is 9.87. The fourth-order valence-electron chi connectivity index (χ4n) is 8.35. The smallest absolute Gasteiger partial charge is 0.408 e. The summed E-state index contributed by atoms with van der Waals surface area (Å²) in [5, 5.41) is 7.13. The monoisotopic (exact) mass is 612 g/mol. The maximum Gasteiger partial charge on any atom is 0.408 e. The van der Waals surface area contributed by atoms with Crippen molar-refractivity contribution in [1.82, 2.24) is 20.4 Å². The van der Waals surface area contributed by atoms with Gasteiger partial charge in [-0.2, -0.15) is 4.98 Å². The van der Waals surface area contributed by atoms with Crippen molar-refractivity contribution in [3.05, 3.63) is 59.5 Å². The van der Waals surface area contributed by atoms with Gasteiger partial charge < -0.3 is 24.1 Å². The van der Waals surface area contributed by atoms with Crippen molar-refractivity contribution in [3.63, 3.8) is 0 Å². The summed E-state index contributed by atoms with van der Waals surface area (Å²) in [5.74, 6) is 1.51. The second-order valence-corrected chi connectivity index (χ2v) is 13.7. The molecule has 3 aromatic rings. The summed E-state index contributed by atoms with van der Waals surface area (Å²) in [6, 6.07) is 13.1. The van der Waals surface area contributed by atoms with Gasteiger partial charge in [0.25, 0.3) is 5.89 Å². The van der Waals surface area contributed by atoms with Crippen LogP contribution < -0.4 is 14.8 Å². The van der Waals surface area contributed by atoms with Crippen molar-refractivity contribution >= 4 is 17.8 Å². The number of amides is 1. The van der Waals surface area contributed by atoms with Crippen LogP contribution in [0.1, 0.15) is 69.9 Å². The predicted octanol–water partition coefficient (Wildman–Crippen LogP) is 4.46. The number of rotatable bonds is 7. The lowest BCUT2D eigenvalue weighted by Crippen LogP contribution is -2.78. The van der Waals surface area contributed by atoms with Gasteiger partial charge in [0.15, 0.2) is 23.4 Å². The third-order valence-corrected chi connectivity index (χ3v) is 10.4. The van der Waals surface area contributed by atoms with E-state index in [1.54, 1.807) is 19.9 Å². The molecular weight excluding hydrogens is 576 g/mol. The molecule has 8 rings (SSSR count). The lowest BCUT2D eigenvalue weighted by molar-refractivity contribution is -0.189. The highest BCUT2D eigenvalue weighted by molar-refractivity contribution is 5.90. The molecule has 234 valence electrons. The van der Waals surface area contributed by atoms with E-state index in [0.717, 1.165) is 29.8 Å². The Balaban J connectivity index is 1.17. The maximum atomic E-state index is 14.1. The first-order chi connectivity index (χ1) is 21.6. The molecule has 2 bridgehead atoms. The van der Waals surface area contributed by atoms with Crippen molar-refractivity contribution in [2.24, 2.45) is 5.92 Å². The van der Waals surface area contributed by atoms with E-state index in [1.165, 1.54) is 19.8 Å². The van der Waals surface area contributed by atoms with Gasteiger partial charge in [0, 0.05) is 31.0 Å². The van der Waals surface area contributed by atoms with Crippen molar-refractivity contribution in [2.75, 3.05) is 13.1 Å². The molecular formula is C34H36N4O7. The third kappa shape index (κ3) is 4.23. The number of nitrogens with zero attached hydrogens (tertiary/aromatic N) is 3. The zero-order valence-corrected chi connectivity index (χ0v) is 25.6. The number of likely N-dealkylation sites (tertiary alicyclic amines) is 1. The molecule has 3 heterocycles. The van der Waals surface area contributed by atoms with Crippen LogP contribution in [0.2, 0.25) is 0 Å². The van der Waals surface area contributed by atoms with E-state index in [-0.39, 0.29) is 24.1 Å². The van der Waals surface area contributed by atoms with Gasteiger partial charge in [-0.15, -0.1) is 0 Å². The lowest BCUT2D eigenvalue weighted by atomic mass is 9.48. The number of Topliss-reactive ketones (excluding diaryl/α,β-unsaturated/α-hetero) is 1. The van der Waals surface area contributed by atoms with Crippen LogP contribution in [0.25, 0.3) is 11.4 Å². The van der Waals surface area contributed by atoms with Crippen LogP contribution in [0.3, 0.4) is 0 Å². The average Bonchev–Trinajstić information content (AvgIpc) is 3.52. The number of ketones is 1. The molecule has 1 amide bonds. The van der Waals surface area contributed by atoms with E-state index in [4.69, 9.17) is 18.7 Å². The van der Waals surface area contributed by atoms with Crippen LogP contribution in [0.5, 0.6) is 11.5 Å². The van der Waals surface area contributed by atoms with E-state index in [9.17, 15) is 14.4 Å². The maximum absolute atomic E-state index is 14.1. The van der Waals surface area contributed by atoms with E-state index >= 15 is 0 Å². The molecule has 11 nitrogen and oxygen atoms in total. The molecule has 3 aliphatic carbocycles. The Morgan fingerprint density at radius 1 is 1.13 bits per heavy atom. The molecule has 11 heteroatoms. The summed E-state index contributed by atoms with van der Waals surface area (Å²) in [4.78, 5) is 46.8. The van der Waals surface area contributed by atoms with Crippen molar-refractivity contribution < 1.29 is 33.1 Å². The minimum atomic E-state index is -1.05. The van der Waals surface area contributed by atoms with Crippen LogP contribution in [-0.4, -0.2) is 63.7 Å².